The molecule has 5 atom stereocenters. The Balaban J connectivity index is 2.24. The minimum Gasteiger partial charge on any atom is -0.391 e. The lowest BCUT2D eigenvalue weighted by atomic mass is 9.96. The highest BCUT2D eigenvalue weighted by atomic mass is 35.5. The first-order chi connectivity index (χ1) is 12.2. The molecule has 2 aromatic rings. The molecular weight excluding hydrogens is 374 g/mol. The van der Waals surface area contributed by atoms with Crippen molar-refractivity contribution in [1.82, 2.24) is 14.5 Å². The van der Waals surface area contributed by atoms with Crippen LogP contribution in [-0.2, 0) is 4.74 Å². The van der Waals surface area contributed by atoms with E-state index in [0.717, 1.165) is 10.8 Å². The topological polar surface area (TPSA) is 126 Å². The van der Waals surface area contributed by atoms with Crippen LogP contribution in [0.15, 0.2) is 11.0 Å². The van der Waals surface area contributed by atoms with E-state index in [1.54, 1.807) is 0 Å². The highest BCUT2D eigenvalue weighted by Gasteiger charge is 2.57. The molecule has 1 fully saturated rings. The molecule has 26 heavy (non-hydrogen) atoms. The predicted octanol–water partition coefficient (Wildman–Crippen LogP) is 0.0355. The number of nitrogen functional groups attached to an aromatic ring is 1. The van der Waals surface area contributed by atoms with Crippen molar-refractivity contribution in [2.45, 2.75) is 36.3 Å². The minimum atomic E-state index is -1.93. The second-order valence-electron chi connectivity index (χ2n) is 5.88. The smallest absolute Gasteiger partial charge is 0.264 e. The van der Waals surface area contributed by atoms with Crippen LogP contribution >= 0.6 is 11.6 Å². The molecule has 0 aromatic carbocycles. The highest BCUT2D eigenvalue weighted by Crippen LogP contribution is 2.45. The zero-order chi connectivity index (χ0) is 19.2. The molecule has 140 valence electrons. The third-order valence-electron chi connectivity index (χ3n) is 4.12. The van der Waals surface area contributed by atoms with E-state index in [1.807, 2.05) is 0 Å². The summed E-state index contributed by atoms with van der Waals surface area (Å²) in [5.41, 5.74) is 4.50. The van der Waals surface area contributed by atoms with Crippen molar-refractivity contribution in [1.29, 1.82) is 0 Å². The number of alkyl halides is 2. The molecule has 5 N–H and O–H groups in total. The molecule has 0 saturated carbocycles. The fourth-order valence-corrected chi connectivity index (χ4v) is 3.31. The predicted molar refractivity (Wildman–Crippen MR) is 88.7 cm³/mol. The van der Waals surface area contributed by atoms with Crippen molar-refractivity contribution < 1.29 is 23.7 Å². The van der Waals surface area contributed by atoms with Gasteiger partial charge in [0.1, 0.15) is 24.3 Å². The Bertz CT molecular complexity index is 966. The number of anilines is 1. The Kier molecular flexibility index (Phi) is 4.66. The molecule has 0 radical (unpaired) electrons. The molecule has 8 nitrogen and oxygen atoms in total. The summed E-state index contributed by atoms with van der Waals surface area (Å²) in [7, 11) is 0. The van der Waals surface area contributed by atoms with Gasteiger partial charge in [-0.25, -0.2) is 8.78 Å². The molecule has 2 aromatic heterocycles. The SMILES string of the molecule is C[C@H](O)[C@H]1O[C@@H](n2cc(F)c3c(=O)[nH]c(N)nc32)C(Cl)(C#CCF)[C@H]1O. The Morgan fingerprint density at radius 3 is 2.96 bits per heavy atom. The normalized spacial score (nSPS) is 29.5. The zero-order valence-electron chi connectivity index (χ0n) is 13.4. The maximum atomic E-state index is 14.3. The van der Waals surface area contributed by atoms with Crippen LogP contribution in [-0.4, -0.2) is 54.6 Å². The van der Waals surface area contributed by atoms with Crippen LogP contribution in [0.4, 0.5) is 14.7 Å². The number of aromatic amines is 1. The largest absolute Gasteiger partial charge is 0.391 e. The van der Waals surface area contributed by atoms with Crippen LogP contribution in [0.25, 0.3) is 11.0 Å². The summed E-state index contributed by atoms with van der Waals surface area (Å²) in [6.07, 6.45) is -4.37. The third-order valence-corrected chi connectivity index (χ3v) is 4.62. The van der Waals surface area contributed by atoms with Crippen LogP contribution in [0.3, 0.4) is 0 Å². The average Bonchev–Trinajstić information content (AvgIpc) is 3.01. The van der Waals surface area contributed by atoms with Gasteiger partial charge in [-0.1, -0.05) is 23.4 Å². The van der Waals surface area contributed by atoms with Gasteiger partial charge in [-0.2, -0.15) is 4.98 Å². The van der Waals surface area contributed by atoms with Gasteiger partial charge in [-0.15, -0.1) is 0 Å². The molecule has 1 aliphatic rings. The van der Waals surface area contributed by atoms with Crippen molar-refractivity contribution in [3.8, 4) is 11.8 Å². The zero-order valence-corrected chi connectivity index (χ0v) is 14.2. The summed E-state index contributed by atoms with van der Waals surface area (Å²) < 4.78 is 33.5. The number of H-pyrrole nitrogens is 1. The summed E-state index contributed by atoms with van der Waals surface area (Å²) in [6, 6.07) is 0. The molecule has 1 unspecified atom stereocenters. The fraction of sp³-hybridized carbons (Fsp3) is 0.467. The quantitative estimate of drug-likeness (QED) is 0.425. The van der Waals surface area contributed by atoms with Crippen LogP contribution in [0, 0.1) is 17.7 Å². The van der Waals surface area contributed by atoms with E-state index in [9.17, 15) is 23.8 Å². The van der Waals surface area contributed by atoms with Gasteiger partial charge in [0, 0.05) is 6.20 Å². The number of hydrogen-bond donors (Lipinski definition) is 4. The van der Waals surface area contributed by atoms with Gasteiger partial charge in [0.05, 0.1) is 6.10 Å². The molecule has 1 saturated heterocycles. The molecule has 3 rings (SSSR count). The van der Waals surface area contributed by atoms with Gasteiger partial charge in [-0.3, -0.25) is 14.3 Å². The van der Waals surface area contributed by atoms with E-state index in [0.29, 0.717) is 0 Å². The summed E-state index contributed by atoms with van der Waals surface area (Å²) in [5, 5.41) is 19.9. The van der Waals surface area contributed by atoms with E-state index < -0.39 is 52.9 Å². The number of hydrogen-bond acceptors (Lipinski definition) is 6. The first kappa shape index (κ1) is 18.6. The number of ether oxygens (including phenoxy) is 1. The van der Waals surface area contributed by atoms with Crippen LogP contribution in [0.5, 0.6) is 0 Å². The Labute approximate surface area is 150 Å². The Morgan fingerprint density at radius 2 is 2.35 bits per heavy atom. The van der Waals surface area contributed by atoms with E-state index >= 15 is 0 Å². The van der Waals surface area contributed by atoms with Crippen LogP contribution in [0.2, 0.25) is 0 Å². The van der Waals surface area contributed by atoms with Gasteiger partial charge in [-0.05, 0) is 6.92 Å². The standard InChI is InChI=1S/C15H15ClF2N4O4/c1-6(23)9-10(24)15(16,3-2-4-17)13(26-9)22-5-7(18)8-11(22)20-14(19)21-12(8)25/h5-6,9-10,13,23-24H,4H2,1H3,(H3,19,20,21,25)/t6-,9+,10-,13+,15?/m0/s1. The highest BCUT2D eigenvalue weighted by molar-refractivity contribution is 6.27. The Hall–Kier alpha value is -2.19. The van der Waals surface area contributed by atoms with Crippen molar-refractivity contribution in [3.63, 3.8) is 0 Å². The van der Waals surface area contributed by atoms with Gasteiger partial charge in [0.15, 0.2) is 22.6 Å². The number of aliphatic hydroxyl groups excluding tert-OH is 2. The number of aliphatic hydroxyl groups is 2. The second-order valence-corrected chi connectivity index (χ2v) is 6.50. The monoisotopic (exact) mass is 388 g/mol. The fourth-order valence-electron chi connectivity index (χ4n) is 2.96. The summed E-state index contributed by atoms with van der Waals surface area (Å²) in [4.78, 5) is 16.1. The van der Waals surface area contributed by atoms with Gasteiger partial charge >= 0.3 is 0 Å². The third kappa shape index (κ3) is 2.73. The number of halogens is 3. The molecule has 3 heterocycles. The van der Waals surface area contributed by atoms with E-state index in [1.165, 1.54) is 6.92 Å². The molecule has 0 bridgehead atoms. The van der Waals surface area contributed by atoms with Crippen molar-refractivity contribution in [3.05, 3.63) is 22.4 Å². The average molecular weight is 389 g/mol. The number of aromatic nitrogens is 3. The number of nitrogens with two attached hydrogens (primary N) is 1. The lowest BCUT2D eigenvalue weighted by Gasteiger charge is -2.25. The first-order valence-electron chi connectivity index (χ1n) is 7.53. The summed E-state index contributed by atoms with van der Waals surface area (Å²) in [5.74, 6) is 3.27. The van der Waals surface area contributed by atoms with Gasteiger partial charge < -0.3 is 20.7 Å². The lowest BCUT2D eigenvalue weighted by Crippen LogP contribution is -2.43. The number of nitrogens with one attached hydrogen (secondary N) is 1. The van der Waals surface area contributed by atoms with Crippen LogP contribution in [0.1, 0.15) is 13.2 Å². The lowest BCUT2D eigenvalue weighted by molar-refractivity contribution is -0.0752. The van der Waals surface area contributed by atoms with Crippen molar-refractivity contribution in [2.75, 3.05) is 12.4 Å². The molecule has 1 aliphatic heterocycles. The minimum absolute atomic E-state index is 0.195. The molecular formula is C15H15ClF2N4O4. The van der Waals surface area contributed by atoms with Gasteiger partial charge in [0.25, 0.3) is 5.56 Å². The Morgan fingerprint density at radius 1 is 1.65 bits per heavy atom. The number of rotatable bonds is 2. The second kappa shape index (κ2) is 6.51. The number of fused-ring (bicyclic) bond motifs is 1. The summed E-state index contributed by atoms with van der Waals surface area (Å²) in [6.45, 7) is 0.310. The molecule has 11 heteroatoms. The molecule has 0 spiro atoms. The van der Waals surface area contributed by atoms with Crippen LogP contribution < -0.4 is 11.3 Å². The molecule has 0 aliphatic carbocycles. The van der Waals surface area contributed by atoms with Gasteiger partial charge in [0.2, 0.25) is 5.95 Å². The van der Waals surface area contributed by atoms with E-state index in [4.69, 9.17) is 22.1 Å². The van der Waals surface area contributed by atoms with Crippen molar-refractivity contribution >= 4 is 28.6 Å². The summed E-state index contributed by atoms with van der Waals surface area (Å²) >= 11 is 6.41. The molecule has 0 amide bonds. The maximum absolute atomic E-state index is 14.3. The van der Waals surface area contributed by atoms with Crippen molar-refractivity contribution in [2.24, 2.45) is 0 Å². The van der Waals surface area contributed by atoms with E-state index in [2.05, 4.69) is 21.8 Å². The first-order valence-corrected chi connectivity index (χ1v) is 7.90. The van der Waals surface area contributed by atoms with E-state index in [-0.39, 0.29) is 11.6 Å². The number of nitrogens with zero attached hydrogens (tertiary/aromatic N) is 2. The maximum Gasteiger partial charge on any atom is 0.264 e.